The third-order valence-electron chi connectivity index (χ3n) is 2.34. The molecule has 2 aromatic rings. The number of benzene rings is 1. The van der Waals surface area contributed by atoms with Crippen LogP contribution in [0.25, 0.3) is 10.9 Å². The number of anilines is 1. The summed E-state index contributed by atoms with van der Waals surface area (Å²) >= 11 is 0. The normalized spacial score (nSPS) is 10.3. The molecular formula is C12H12N2O. The Morgan fingerprint density at radius 2 is 2.07 bits per heavy atom. The van der Waals surface area contributed by atoms with Gasteiger partial charge in [0.1, 0.15) is 0 Å². The van der Waals surface area contributed by atoms with Gasteiger partial charge in [0.2, 0.25) is 0 Å². The van der Waals surface area contributed by atoms with E-state index in [-0.39, 0.29) is 0 Å². The molecule has 0 aliphatic rings. The SMILES string of the molecule is CN(C)c1ccc2cc(C=O)cnc2c1. The van der Waals surface area contributed by atoms with Crippen molar-refractivity contribution in [3.63, 3.8) is 0 Å². The first-order valence-corrected chi connectivity index (χ1v) is 4.73. The summed E-state index contributed by atoms with van der Waals surface area (Å²) in [5, 5.41) is 0.991. The third-order valence-corrected chi connectivity index (χ3v) is 2.34. The van der Waals surface area contributed by atoms with Gasteiger partial charge < -0.3 is 4.90 Å². The number of rotatable bonds is 2. The predicted molar refractivity (Wildman–Crippen MR) is 61.5 cm³/mol. The van der Waals surface area contributed by atoms with E-state index in [9.17, 15) is 4.79 Å². The second-order valence-electron chi connectivity index (χ2n) is 3.66. The highest BCUT2D eigenvalue weighted by Crippen LogP contribution is 2.19. The van der Waals surface area contributed by atoms with Gasteiger partial charge in [0.15, 0.2) is 6.29 Å². The van der Waals surface area contributed by atoms with Crippen LogP contribution < -0.4 is 4.90 Å². The van der Waals surface area contributed by atoms with Crippen molar-refractivity contribution in [2.45, 2.75) is 0 Å². The minimum absolute atomic E-state index is 0.611. The van der Waals surface area contributed by atoms with E-state index < -0.39 is 0 Å². The van der Waals surface area contributed by atoms with E-state index in [2.05, 4.69) is 4.98 Å². The Labute approximate surface area is 88.3 Å². The van der Waals surface area contributed by atoms with Gasteiger partial charge in [-0.05, 0) is 18.2 Å². The zero-order valence-electron chi connectivity index (χ0n) is 8.77. The Hall–Kier alpha value is -1.90. The van der Waals surface area contributed by atoms with Gasteiger partial charge in [-0.3, -0.25) is 9.78 Å². The zero-order valence-corrected chi connectivity index (χ0v) is 8.77. The van der Waals surface area contributed by atoms with Crippen LogP contribution in [-0.2, 0) is 0 Å². The lowest BCUT2D eigenvalue weighted by Gasteiger charge is -2.12. The first-order valence-electron chi connectivity index (χ1n) is 4.73. The Morgan fingerprint density at radius 3 is 2.73 bits per heavy atom. The number of pyridine rings is 1. The molecule has 2 rings (SSSR count). The van der Waals surface area contributed by atoms with Gasteiger partial charge in [-0.1, -0.05) is 6.07 Å². The molecule has 0 N–H and O–H groups in total. The lowest BCUT2D eigenvalue weighted by Crippen LogP contribution is -2.08. The Balaban J connectivity index is 2.59. The first-order chi connectivity index (χ1) is 7.20. The number of aromatic nitrogens is 1. The molecule has 15 heavy (non-hydrogen) atoms. The van der Waals surface area contributed by atoms with E-state index in [0.29, 0.717) is 5.56 Å². The summed E-state index contributed by atoms with van der Waals surface area (Å²) in [5.41, 5.74) is 2.63. The lowest BCUT2D eigenvalue weighted by molar-refractivity contribution is 0.112. The van der Waals surface area contributed by atoms with Gasteiger partial charge in [-0.25, -0.2) is 0 Å². The molecule has 1 aromatic carbocycles. The molecule has 0 aliphatic heterocycles. The third kappa shape index (κ3) is 1.81. The fourth-order valence-electron chi connectivity index (χ4n) is 1.47. The van der Waals surface area contributed by atoms with Crippen LogP contribution in [0, 0.1) is 0 Å². The highest BCUT2D eigenvalue weighted by atomic mass is 16.1. The van der Waals surface area contributed by atoms with E-state index in [1.165, 1.54) is 0 Å². The smallest absolute Gasteiger partial charge is 0.151 e. The van der Waals surface area contributed by atoms with Gasteiger partial charge in [0, 0.05) is 36.9 Å². The summed E-state index contributed by atoms with van der Waals surface area (Å²) in [4.78, 5) is 16.8. The molecule has 3 heteroatoms. The van der Waals surface area contributed by atoms with Crippen molar-refractivity contribution in [1.29, 1.82) is 0 Å². The molecule has 1 heterocycles. The summed E-state index contributed by atoms with van der Waals surface area (Å²) in [5.74, 6) is 0. The second kappa shape index (κ2) is 3.69. The Bertz CT molecular complexity index is 506. The molecule has 0 atom stereocenters. The van der Waals surface area contributed by atoms with Crippen molar-refractivity contribution < 1.29 is 4.79 Å². The number of aldehydes is 1. The van der Waals surface area contributed by atoms with E-state index in [1.54, 1.807) is 6.20 Å². The highest BCUT2D eigenvalue weighted by Gasteiger charge is 2.00. The zero-order chi connectivity index (χ0) is 10.8. The second-order valence-corrected chi connectivity index (χ2v) is 3.66. The summed E-state index contributed by atoms with van der Waals surface area (Å²) in [6, 6.07) is 7.84. The molecule has 0 fully saturated rings. The number of hydrogen-bond donors (Lipinski definition) is 0. The first kappa shape index (κ1) is 9.65. The van der Waals surface area contributed by atoms with E-state index in [1.807, 2.05) is 43.3 Å². The van der Waals surface area contributed by atoms with Gasteiger partial charge in [-0.15, -0.1) is 0 Å². The molecular weight excluding hydrogens is 188 g/mol. The molecule has 0 radical (unpaired) electrons. The van der Waals surface area contributed by atoms with Crippen molar-refractivity contribution in [3.05, 3.63) is 36.0 Å². The van der Waals surface area contributed by atoms with Crippen molar-refractivity contribution in [3.8, 4) is 0 Å². The van der Waals surface area contributed by atoms with Crippen LogP contribution in [0.3, 0.4) is 0 Å². The average Bonchev–Trinajstić information content (AvgIpc) is 2.27. The van der Waals surface area contributed by atoms with E-state index in [0.717, 1.165) is 22.9 Å². The quantitative estimate of drug-likeness (QED) is 0.696. The molecule has 76 valence electrons. The molecule has 1 aromatic heterocycles. The minimum Gasteiger partial charge on any atom is -0.378 e. The minimum atomic E-state index is 0.611. The van der Waals surface area contributed by atoms with Gasteiger partial charge in [0.05, 0.1) is 5.52 Å². The van der Waals surface area contributed by atoms with Crippen LogP contribution in [0.5, 0.6) is 0 Å². The van der Waals surface area contributed by atoms with Gasteiger partial charge in [0.25, 0.3) is 0 Å². The average molecular weight is 200 g/mol. The van der Waals surface area contributed by atoms with Crippen molar-refractivity contribution in [2.75, 3.05) is 19.0 Å². The maximum Gasteiger partial charge on any atom is 0.151 e. The maximum atomic E-state index is 10.6. The summed E-state index contributed by atoms with van der Waals surface area (Å²) < 4.78 is 0. The van der Waals surface area contributed by atoms with Crippen LogP contribution in [0.4, 0.5) is 5.69 Å². The molecule has 0 aliphatic carbocycles. The Morgan fingerprint density at radius 1 is 1.27 bits per heavy atom. The van der Waals surface area contributed by atoms with Gasteiger partial charge in [-0.2, -0.15) is 0 Å². The fourth-order valence-corrected chi connectivity index (χ4v) is 1.47. The van der Waals surface area contributed by atoms with Crippen molar-refractivity contribution >= 4 is 22.9 Å². The molecule has 0 unspecified atom stereocenters. The predicted octanol–water partition coefficient (Wildman–Crippen LogP) is 2.11. The number of nitrogens with zero attached hydrogens (tertiary/aromatic N) is 2. The summed E-state index contributed by atoms with van der Waals surface area (Å²) in [7, 11) is 3.97. The van der Waals surface area contributed by atoms with Crippen molar-refractivity contribution in [1.82, 2.24) is 4.98 Å². The molecule has 0 saturated carbocycles. The number of hydrogen-bond acceptors (Lipinski definition) is 3. The fraction of sp³-hybridized carbons (Fsp3) is 0.167. The number of carbonyl (C=O) groups excluding carboxylic acids is 1. The van der Waals surface area contributed by atoms with E-state index >= 15 is 0 Å². The van der Waals surface area contributed by atoms with Crippen LogP contribution in [0.15, 0.2) is 30.5 Å². The molecule has 0 saturated heterocycles. The highest BCUT2D eigenvalue weighted by molar-refractivity contribution is 5.87. The summed E-state index contributed by atoms with van der Waals surface area (Å²) in [6.07, 6.45) is 2.40. The largest absolute Gasteiger partial charge is 0.378 e. The monoisotopic (exact) mass is 200 g/mol. The molecule has 0 bridgehead atoms. The molecule has 3 nitrogen and oxygen atoms in total. The van der Waals surface area contributed by atoms with Crippen LogP contribution in [0.1, 0.15) is 10.4 Å². The van der Waals surface area contributed by atoms with Crippen LogP contribution in [0.2, 0.25) is 0 Å². The maximum absolute atomic E-state index is 10.6. The Kier molecular flexibility index (Phi) is 2.37. The molecule has 0 amide bonds. The van der Waals surface area contributed by atoms with Crippen LogP contribution in [-0.4, -0.2) is 25.4 Å². The van der Waals surface area contributed by atoms with Gasteiger partial charge >= 0.3 is 0 Å². The van der Waals surface area contributed by atoms with E-state index in [4.69, 9.17) is 0 Å². The lowest BCUT2D eigenvalue weighted by atomic mass is 10.1. The summed E-state index contributed by atoms with van der Waals surface area (Å²) in [6.45, 7) is 0. The number of fused-ring (bicyclic) bond motifs is 1. The van der Waals surface area contributed by atoms with Crippen LogP contribution >= 0.6 is 0 Å². The molecule has 0 spiro atoms. The number of carbonyl (C=O) groups is 1. The standard InChI is InChI=1S/C12H12N2O/c1-14(2)11-4-3-10-5-9(8-15)7-13-12(10)6-11/h3-8H,1-2H3. The topological polar surface area (TPSA) is 33.2 Å². The van der Waals surface area contributed by atoms with Crippen molar-refractivity contribution in [2.24, 2.45) is 0 Å².